The van der Waals surface area contributed by atoms with Crippen molar-refractivity contribution >= 4 is 44.5 Å². The van der Waals surface area contributed by atoms with E-state index in [1.165, 1.54) is 4.31 Å². The predicted molar refractivity (Wildman–Crippen MR) is 211 cm³/mol. The van der Waals surface area contributed by atoms with Crippen LogP contribution in [0.1, 0.15) is 55.1 Å². The van der Waals surface area contributed by atoms with Crippen molar-refractivity contribution in [2.75, 3.05) is 44.6 Å². The molecule has 0 aliphatic carbocycles. The first-order valence-electron chi connectivity index (χ1n) is 18.7. The van der Waals surface area contributed by atoms with Crippen molar-refractivity contribution in [2.24, 2.45) is 0 Å². The summed E-state index contributed by atoms with van der Waals surface area (Å²) in [5.74, 6) is -0.499. The maximum atomic E-state index is 14.8. The highest BCUT2D eigenvalue weighted by molar-refractivity contribution is 7.89. The van der Waals surface area contributed by atoms with Crippen molar-refractivity contribution in [3.63, 3.8) is 0 Å². The molecule has 4 heterocycles. The van der Waals surface area contributed by atoms with Crippen LogP contribution in [-0.2, 0) is 25.1 Å². The van der Waals surface area contributed by atoms with Gasteiger partial charge < -0.3 is 19.9 Å². The van der Waals surface area contributed by atoms with Gasteiger partial charge >= 0.3 is 6.09 Å². The number of benzene rings is 3. The lowest BCUT2D eigenvalue weighted by Gasteiger charge is -2.44. The molecule has 0 saturated carbocycles. The van der Waals surface area contributed by atoms with E-state index in [-0.39, 0.29) is 68.8 Å². The highest BCUT2D eigenvalue weighted by atomic mass is 32.2. The summed E-state index contributed by atoms with van der Waals surface area (Å²) in [6, 6.07) is 21.7. The molecular weight excluding hydrogens is 733 g/mol. The number of ether oxygens (including phenoxy) is 1. The van der Waals surface area contributed by atoms with Gasteiger partial charge in [-0.3, -0.25) is 14.6 Å². The van der Waals surface area contributed by atoms with Gasteiger partial charge in [0, 0.05) is 67.7 Å². The molecule has 2 aromatic heterocycles. The molecule has 0 bridgehead atoms. The van der Waals surface area contributed by atoms with Crippen LogP contribution >= 0.6 is 0 Å². The van der Waals surface area contributed by atoms with E-state index in [2.05, 4.69) is 20.6 Å². The van der Waals surface area contributed by atoms with Crippen LogP contribution in [-0.4, -0.2) is 105 Å². The largest absolute Gasteiger partial charge is 0.444 e. The number of pyridine rings is 1. The fourth-order valence-electron chi connectivity index (χ4n) is 7.29. The number of sulfonamides is 1. The van der Waals surface area contributed by atoms with Crippen LogP contribution in [0.2, 0.25) is 0 Å². The van der Waals surface area contributed by atoms with Gasteiger partial charge in [0.15, 0.2) is 0 Å². The topological polar surface area (TPSA) is 160 Å². The Morgan fingerprint density at radius 2 is 1.55 bits per heavy atom. The Bertz CT molecular complexity index is 2390. The quantitative estimate of drug-likeness (QED) is 0.221. The van der Waals surface area contributed by atoms with Gasteiger partial charge in [0.05, 0.1) is 11.7 Å². The molecule has 0 unspecified atom stereocenters. The molecule has 0 radical (unpaired) electrons. The lowest BCUT2D eigenvalue weighted by molar-refractivity contribution is -0.145. The van der Waals surface area contributed by atoms with E-state index in [4.69, 9.17) is 4.74 Å². The third kappa shape index (κ3) is 7.73. The average Bonchev–Trinajstić information content (AvgIpc) is 3.68. The van der Waals surface area contributed by atoms with E-state index in [0.717, 1.165) is 16.5 Å². The summed E-state index contributed by atoms with van der Waals surface area (Å²) in [5, 5.41) is 12.6. The first-order chi connectivity index (χ1) is 26.6. The Balaban J connectivity index is 1.14. The Morgan fingerprint density at radius 1 is 0.839 bits per heavy atom. The second-order valence-corrected chi connectivity index (χ2v) is 17.3. The number of para-hydroxylation sites is 2. The minimum Gasteiger partial charge on any atom is -0.444 e. The highest BCUT2D eigenvalue weighted by Crippen LogP contribution is 2.35. The Kier molecular flexibility index (Phi) is 10.4. The number of hydrogen-bond donors (Lipinski definition) is 1. The number of aryl methyl sites for hydroxylation is 2. The van der Waals surface area contributed by atoms with Gasteiger partial charge in [-0.15, -0.1) is 5.10 Å². The Labute approximate surface area is 326 Å². The molecule has 2 aliphatic heterocycles. The van der Waals surface area contributed by atoms with Crippen molar-refractivity contribution < 1.29 is 27.5 Å². The third-order valence-corrected chi connectivity index (χ3v) is 12.3. The fraction of sp³-hybridized carbons (Fsp3) is 0.366. The molecule has 2 saturated heterocycles. The number of likely N-dealkylation sites (tertiary alicyclic amines) is 1. The Hall–Kier alpha value is -5.67. The molecule has 2 fully saturated rings. The normalized spacial score (nSPS) is 16.4. The van der Waals surface area contributed by atoms with E-state index in [1.807, 2.05) is 68.4 Å². The summed E-state index contributed by atoms with van der Waals surface area (Å²) < 4.78 is 36.5. The van der Waals surface area contributed by atoms with Gasteiger partial charge in [-0.1, -0.05) is 47.7 Å². The molecule has 2 aliphatic rings. The molecular formula is C41H46N8O6S. The standard InChI is InChI=1S/C41H46N8O6S/c1-28-24-31-10-9-13-35(36(31)42-26-28)56(53,54)48-22-20-46(21-23-48)38(51)41(16-18-47(19-17-41)39(52)55-40(3,4)5)49-27-34(44-45-49)30-15-14-29(2)33(25-30)37(50)43-32-11-7-6-8-12-32/h6-15,24-27H,16-23H2,1-5H3,(H,43,50). The van der Waals surface area contributed by atoms with Gasteiger partial charge in [-0.2, -0.15) is 4.31 Å². The number of piperidine rings is 1. The van der Waals surface area contributed by atoms with Crippen molar-refractivity contribution in [1.82, 2.24) is 34.1 Å². The zero-order valence-electron chi connectivity index (χ0n) is 32.2. The van der Waals surface area contributed by atoms with Crippen LogP contribution in [0.5, 0.6) is 0 Å². The van der Waals surface area contributed by atoms with Gasteiger partial charge in [-0.25, -0.2) is 17.9 Å². The average molecular weight is 779 g/mol. The molecule has 56 heavy (non-hydrogen) atoms. The van der Waals surface area contributed by atoms with Crippen LogP contribution in [0.3, 0.4) is 0 Å². The first kappa shape index (κ1) is 38.6. The third-order valence-electron chi connectivity index (χ3n) is 10.3. The highest BCUT2D eigenvalue weighted by Gasteiger charge is 2.48. The molecule has 14 nitrogen and oxygen atoms in total. The molecule has 0 atom stereocenters. The molecule has 0 spiro atoms. The number of carbonyl (C=O) groups is 3. The lowest BCUT2D eigenvalue weighted by atomic mass is 9.85. The molecule has 3 aromatic carbocycles. The van der Waals surface area contributed by atoms with Crippen molar-refractivity contribution in [2.45, 2.75) is 63.5 Å². The van der Waals surface area contributed by atoms with E-state index in [1.54, 1.807) is 65.8 Å². The maximum Gasteiger partial charge on any atom is 0.410 e. The second kappa shape index (κ2) is 15.1. The number of anilines is 1. The maximum absolute atomic E-state index is 14.8. The fourth-order valence-corrected chi connectivity index (χ4v) is 8.88. The minimum absolute atomic E-state index is 0.0935. The molecule has 1 N–H and O–H groups in total. The number of piperazine rings is 1. The number of nitrogens with zero attached hydrogens (tertiary/aromatic N) is 7. The number of fused-ring (bicyclic) bond motifs is 1. The summed E-state index contributed by atoms with van der Waals surface area (Å²) in [5.41, 5.74) is 2.47. The van der Waals surface area contributed by atoms with E-state index >= 15 is 0 Å². The summed E-state index contributed by atoms with van der Waals surface area (Å²) in [4.78, 5) is 49.0. The summed E-state index contributed by atoms with van der Waals surface area (Å²) in [6.07, 6.45) is 3.36. The molecule has 3 amide bonds. The van der Waals surface area contributed by atoms with Crippen molar-refractivity contribution in [1.29, 1.82) is 0 Å². The van der Waals surface area contributed by atoms with Crippen LogP contribution in [0.25, 0.3) is 22.2 Å². The summed E-state index contributed by atoms with van der Waals surface area (Å²) >= 11 is 0. The van der Waals surface area contributed by atoms with Crippen LogP contribution < -0.4 is 5.32 Å². The van der Waals surface area contributed by atoms with Gasteiger partial charge in [0.2, 0.25) is 10.0 Å². The molecule has 7 rings (SSSR count). The van der Waals surface area contributed by atoms with Crippen molar-refractivity contribution in [3.8, 4) is 11.3 Å². The smallest absolute Gasteiger partial charge is 0.410 e. The number of aromatic nitrogens is 4. The number of carbonyl (C=O) groups excluding carboxylic acids is 3. The summed E-state index contributed by atoms with van der Waals surface area (Å²) in [6.45, 7) is 10.1. The van der Waals surface area contributed by atoms with Gasteiger partial charge in [-0.05, 0) is 88.9 Å². The van der Waals surface area contributed by atoms with Gasteiger partial charge in [0.1, 0.15) is 21.7 Å². The SMILES string of the molecule is Cc1cnc2c(S(=O)(=O)N3CCN(C(=O)C4(n5cc(-c6ccc(C)c(C(=O)Nc7ccccc7)c6)nn5)CCN(C(=O)OC(C)(C)C)CC4)CC3)cccc2c1. The zero-order valence-corrected chi connectivity index (χ0v) is 33.0. The number of amides is 3. The van der Waals surface area contributed by atoms with Crippen molar-refractivity contribution in [3.05, 3.63) is 102 Å². The van der Waals surface area contributed by atoms with Crippen LogP contribution in [0, 0.1) is 13.8 Å². The summed E-state index contributed by atoms with van der Waals surface area (Å²) in [7, 11) is -3.91. The molecule has 15 heteroatoms. The number of hydrogen-bond acceptors (Lipinski definition) is 9. The van der Waals surface area contributed by atoms with E-state index < -0.39 is 27.3 Å². The minimum atomic E-state index is -3.91. The van der Waals surface area contributed by atoms with Gasteiger partial charge in [0.25, 0.3) is 11.8 Å². The first-order valence-corrected chi connectivity index (χ1v) is 20.1. The zero-order chi connectivity index (χ0) is 39.8. The molecule has 292 valence electrons. The Morgan fingerprint density at radius 3 is 2.25 bits per heavy atom. The van der Waals surface area contributed by atoms with E-state index in [9.17, 15) is 22.8 Å². The van der Waals surface area contributed by atoms with Crippen LogP contribution in [0.15, 0.2) is 90.1 Å². The predicted octanol–water partition coefficient (Wildman–Crippen LogP) is 5.62. The lowest BCUT2D eigenvalue weighted by Crippen LogP contribution is -2.60. The molecule has 5 aromatic rings. The second-order valence-electron chi connectivity index (χ2n) is 15.4. The number of rotatable bonds is 7. The monoisotopic (exact) mass is 778 g/mol. The van der Waals surface area contributed by atoms with Crippen LogP contribution in [0.4, 0.5) is 10.5 Å². The number of nitrogens with one attached hydrogen (secondary N) is 1. The van der Waals surface area contributed by atoms with E-state index in [0.29, 0.717) is 28.0 Å².